The molecule has 0 spiro atoms. The van der Waals surface area contributed by atoms with Crippen LogP contribution in [0.4, 0.5) is 0 Å². The van der Waals surface area contributed by atoms with Crippen LogP contribution in [-0.4, -0.2) is 31.6 Å². The van der Waals surface area contributed by atoms with Crippen LogP contribution < -0.4 is 0 Å². The number of hydrogen-bond donors (Lipinski definition) is 0. The summed E-state index contributed by atoms with van der Waals surface area (Å²) in [6.07, 6.45) is 9.14. The molecule has 1 saturated heterocycles. The van der Waals surface area contributed by atoms with Crippen molar-refractivity contribution in [3.63, 3.8) is 0 Å². The smallest absolute Gasteiger partial charge is 0.243 e. The molecule has 0 bridgehead atoms. The molecule has 0 unspecified atom stereocenters. The maximum atomic E-state index is 13.1. The number of aldehydes is 1. The van der Waals surface area contributed by atoms with Crippen molar-refractivity contribution in [1.82, 2.24) is 4.31 Å². The van der Waals surface area contributed by atoms with Gasteiger partial charge in [-0.3, -0.25) is 0 Å². The lowest BCUT2D eigenvalue weighted by Gasteiger charge is -2.36. The van der Waals surface area contributed by atoms with Gasteiger partial charge in [-0.1, -0.05) is 36.8 Å². The Kier molecular flexibility index (Phi) is 5.16. The Hall–Kier alpha value is -1.46. The van der Waals surface area contributed by atoms with Crippen LogP contribution in [-0.2, 0) is 14.8 Å². The highest BCUT2D eigenvalue weighted by Crippen LogP contribution is 2.41. The Bertz CT molecular complexity index is 754. The number of carbonyl (C=O) groups is 1. The maximum Gasteiger partial charge on any atom is 0.243 e. The van der Waals surface area contributed by atoms with Crippen LogP contribution in [0.15, 0.2) is 41.3 Å². The van der Waals surface area contributed by atoms with Crippen molar-refractivity contribution in [1.29, 1.82) is 0 Å². The average molecular weight is 362 g/mol. The van der Waals surface area contributed by atoms with E-state index in [4.69, 9.17) is 0 Å². The predicted octanol–water partition coefficient (Wildman–Crippen LogP) is 3.71. The third-order valence-corrected chi connectivity index (χ3v) is 7.53. The summed E-state index contributed by atoms with van der Waals surface area (Å²) >= 11 is 0. The first-order valence-corrected chi connectivity index (χ1v) is 10.5. The average Bonchev–Trinajstić information content (AvgIpc) is 3.04. The zero-order valence-corrected chi connectivity index (χ0v) is 15.8. The van der Waals surface area contributed by atoms with E-state index in [0.717, 1.165) is 37.5 Å². The first-order valence-electron chi connectivity index (χ1n) is 9.08. The molecule has 0 saturated carbocycles. The van der Waals surface area contributed by atoms with Gasteiger partial charge in [-0.15, -0.1) is 0 Å². The van der Waals surface area contributed by atoms with Gasteiger partial charge in [0.15, 0.2) is 0 Å². The topological polar surface area (TPSA) is 54.5 Å². The van der Waals surface area contributed by atoms with Crippen molar-refractivity contribution >= 4 is 16.3 Å². The SMILES string of the molecule is Cc1ccc(S(=O)(=O)N2CCC[C@@H]2C[C@@]2(C=O)CC=C[C@@H](C)C2)cc1. The third kappa shape index (κ3) is 3.72. The van der Waals surface area contributed by atoms with Gasteiger partial charge in [-0.25, -0.2) is 8.42 Å². The predicted molar refractivity (Wildman–Crippen MR) is 98.7 cm³/mol. The molecule has 0 radical (unpaired) electrons. The normalized spacial score (nSPS) is 30.5. The molecule has 5 heteroatoms. The highest BCUT2D eigenvalue weighted by atomic mass is 32.2. The molecule has 1 aliphatic carbocycles. The lowest BCUT2D eigenvalue weighted by molar-refractivity contribution is -0.118. The van der Waals surface area contributed by atoms with Crippen LogP contribution in [0.3, 0.4) is 0 Å². The van der Waals surface area contributed by atoms with Gasteiger partial charge in [0, 0.05) is 18.0 Å². The quantitative estimate of drug-likeness (QED) is 0.593. The van der Waals surface area contributed by atoms with Crippen molar-refractivity contribution in [2.75, 3.05) is 6.54 Å². The van der Waals surface area contributed by atoms with Crippen molar-refractivity contribution in [2.24, 2.45) is 11.3 Å². The summed E-state index contributed by atoms with van der Waals surface area (Å²) in [4.78, 5) is 12.2. The fourth-order valence-electron chi connectivity index (χ4n) is 4.28. The third-order valence-electron chi connectivity index (χ3n) is 5.56. The largest absolute Gasteiger partial charge is 0.303 e. The molecule has 136 valence electrons. The maximum absolute atomic E-state index is 13.1. The lowest BCUT2D eigenvalue weighted by atomic mass is 9.70. The number of rotatable bonds is 5. The highest BCUT2D eigenvalue weighted by molar-refractivity contribution is 7.89. The number of benzene rings is 1. The standard InChI is InChI=1S/C20H27NO3S/c1-16-7-9-19(10-8-16)25(23,24)21-12-4-6-18(21)14-20(15-22)11-3-5-17(2)13-20/h3,5,7-10,15,17-18H,4,6,11-14H2,1-2H3/t17-,18-,20-/m1/s1. The first kappa shape index (κ1) is 18.3. The van der Waals surface area contributed by atoms with Crippen molar-refractivity contribution in [3.8, 4) is 0 Å². The van der Waals surface area contributed by atoms with Crippen LogP contribution >= 0.6 is 0 Å². The number of allylic oxidation sites excluding steroid dienone is 2. The van der Waals surface area contributed by atoms with E-state index in [2.05, 4.69) is 19.1 Å². The summed E-state index contributed by atoms with van der Waals surface area (Å²) in [5, 5.41) is 0. The van der Waals surface area contributed by atoms with Gasteiger partial charge >= 0.3 is 0 Å². The first-order chi connectivity index (χ1) is 11.9. The number of hydrogen-bond acceptors (Lipinski definition) is 3. The van der Waals surface area contributed by atoms with E-state index in [-0.39, 0.29) is 6.04 Å². The molecule has 25 heavy (non-hydrogen) atoms. The van der Waals surface area contributed by atoms with Crippen molar-refractivity contribution in [3.05, 3.63) is 42.0 Å². The number of nitrogens with zero attached hydrogens (tertiary/aromatic N) is 1. The Balaban J connectivity index is 1.84. The summed E-state index contributed by atoms with van der Waals surface area (Å²) in [6, 6.07) is 6.94. The second-order valence-corrected chi connectivity index (χ2v) is 9.61. The molecule has 1 aromatic carbocycles. The molecule has 0 aromatic heterocycles. The molecule has 3 atom stereocenters. The molecule has 0 amide bonds. The van der Waals surface area contributed by atoms with Gasteiger partial charge < -0.3 is 4.79 Å². The fourth-order valence-corrected chi connectivity index (χ4v) is 5.98. The summed E-state index contributed by atoms with van der Waals surface area (Å²) in [7, 11) is -3.50. The Morgan fingerprint density at radius 3 is 2.64 bits per heavy atom. The minimum atomic E-state index is -3.50. The molecular weight excluding hydrogens is 334 g/mol. The van der Waals surface area contributed by atoms with Crippen LogP contribution in [0.25, 0.3) is 0 Å². The number of aryl methyl sites for hydroxylation is 1. The molecule has 1 heterocycles. The molecule has 1 fully saturated rings. The summed E-state index contributed by atoms with van der Waals surface area (Å²) in [5.74, 6) is 0.363. The molecule has 0 N–H and O–H groups in total. The Morgan fingerprint density at radius 2 is 2.00 bits per heavy atom. The monoisotopic (exact) mass is 361 g/mol. The van der Waals surface area contributed by atoms with Gasteiger partial charge in [-0.05, 0) is 57.1 Å². The minimum absolute atomic E-state index is 0.0878. The molecular formula is C20H27NO3S. The van der Waals surface area contributed by atoms with Crippen LogP contribution in [0.1, 0.15) is 44.6 Å². The van der Waals surface area contributed by atoms with E-state index in [1.807, 2.05) is 19.1 Å². The fraction of sp³-hybridized carbons (Fsp3) is 0.550. The highest BCUT2D eigenvalue weighted by Gasteiger charge is 2.42. The molecule has 2 aliphatic rings. The Labute approximate surface area is 151 Å². The summed E-state index contributed by atoms with van der Waals surface area (Å²) in [6.45, 7) is 4.60. The van der Waals surface area contributed by atoms with Gasteiger partial charge in [0.25, 0.3) is 0 Å². The molecule has 1 aliphatic heterocycles. The molecule has 1 aromatic rings. The van der Waals surface area contributed by atoms with Crippen LogP contribution in [0.2, 0.25) is 0 Å². The van der Waals surface area contributed by atoms with Gasteiger partial charge in [-0.2, -0.15) is 4.31 Å². The van der Waals surface area contributed by atoms with E-state index in [1.54, 1.807) is 16.4 Å². The van der Waals surface area contributed by atoms with Gasteiger partial charge in [0.1, 0.15) is 6.29 Å². The number of sulfonamides is 1. The van der Waals surface area contributed by atoms with E-state index in [0.29, 0.717) is 23.8 Å². The van der Waals surface area contributed by atoms with E-state index < -0.39 is 15.4 Å². The Morgan fingerprint density at radius 1 is 1.28 bits per heavy atom. The summed E-state index contributed by atoms with van der Waals surface area (Å²) < 4.78 is 27.8. The van der Waals surface area contributed by atoms with Crippen molar-refractivity contribution < 1.29 is 13.2 Å². The van der Waals surface area contributed by atoms with Gasteiger partial charge in [0.05, 0.1) is 4.90 Å². The summed E-state index contributed by atoms with van der Waals surface area (Å²) in [5.41, 5.74) is 0.615. The van der Waals surface area contributed by atoms with E-state index in [1.165, 1.54) is 0 Å². The van der Waals surface area contributed by atoms with Crippen LogP contribution in [0.5, 0.6) is 0 Å². The lowest BCUT2D eigenvalue weighted by Crippen LogP contribution is -2.40. The van der Waals surface area contributed by atoms with E-state index >= 15 is 0 Å². The second kappa shape index (κ2) is 7.04. The minimum Gasteiger partial charge on any atom is -0.303 e. The van der Waals surface area contributed by atoms with Crippen LogP contribution in [0, 0.1) is 18.3 Å². The second-order valence-electron chi connectivity index (χ2n) is 7.72. The van der Waals surface area contributed by atoms with Crippen molar-refractivity contribution in [2.45, 2.75) is 56.9 Å². The molecule has 4 nitrogen and oxygen atoms in total. The van der Waals surface area contributed by atoms with Gasteiger partial charge in [0.2, 0.25) is 10.0 Å². The number of carbonyl (C=O) groups excluding carboxylic acids is 1. The van der Waals surface area contributed by atoms with E-state index in [9.17, 15) is 13.2 Å². The molecule has 3 rings (SSSR count). The zero-order valence-electron chi connectivity index (χ0n) is 15.0. The zero-order chi connectivity index (χ0) is 18.1.